The minimum atomic E-state index is -4.93. The number of ether oxygens (including phenoxy) is 3. The maximum Gasteiger partial charge on any atom is 0.472 e. The van der Waals surface area contributed by atoms with Crippen LogP contribution >= 0.6 is 15.6 Å². The Hall–Kier alpha value is -4.31. The Labute approximate surface area is 575 Å². The number of unbranched alkanes of at least 4 members (excludes halogenated alkanes) is 23. The molecule has 544 valence electrons. The number of allylic oxidation sites excluding steroid dienone is 22. The van der Waals surface area contributed by atoms with Gasteiger partial charge in [0.2, 0.25) is 0 Å². The van der Waals surface area contributed by atoms with Gasteiger partial charge >= 0.3 is 33.6 Å². The summed E-state index contributed by atoms with van der Waals surface area (Å²) >= 11 is 0. The van der Waals surface area contributed by atoms with Crippen molar-refractivity contribution in [1.82, 2.24) is 0 Å². The Bertz CT molecular complexity index is 2260. The highest BCUT2D eigenvalue weighted by Crippen LogP contribution is 2.45. The minimum Gasteiger partial charge on any atom is -0.463 e. The van der Waals surface area contributed by atoms with Crippen LogP contribution in [0.1, 0.15) is 278 Å². The molecule has 0 rings (SSSR count). The van der Waals surface area contributed by atoms with E-state index in [9.17, 15) is 43.5 Å². The summed E-state index contributed by atoms with van der Waals surface area (Å²) < 4.78 is 60.9. The molecular weight excluding hydrogens is 1240 g/mol. The van der Waals surface area contributed by atoms with Gasteiger partial charge in [-0.05, 0) is 135 Å². The van der Waals surface area contributed by atoms with Crippen LogP contribution in [0.25, 0.3) is 0 Å². The van der Waals surface area contributed by atoms with E-state index in [-0.39, 0.29) is 19.3 Å². The lowest BCUT2D eigenvalue weighted by atomic mass is 10.1. The molecule has 16 nitrogen and oxygen atoms in total. The van der Waals surface area contributed by atoms with E-state index in [1.54, 1.807) is 0 Å². The molecule has 0 saturated heterocycles. The van der Waals surface area contributed by atoms with Crippen molar-refractivity contribution in [3.63, 3.8) is 0 Å². The van der Waals surface area contributed by atoms with Crippen LogP contribution in [0.4, 0.5) is 0 Å². The molecule has 0 aliphatic rings. The highest BCUT2D eigenvalue weighted by molar-refractivity contribution is 7.47. The van der Waals surface area contributed by atoms with Gasteiger partial charge in [-0.25, -0.2) is 9.13 Å². The zero-order chi connectivity index (χ0) is 69.5. The number of hydrogen-bond acceptors (Lipinski definition) is 14. The van der Waals surface area contributed by atoms with Crippen molar-refractivity contribution in [3.05, 3.63) is 134 Å². The third-order valence-corrected chi connectivity index (χ3v) is 16.7. The summed E-state index contributed by atoms with van der Waals surface area (Å²) in [6.45, 7) is 2.37. The van der Waals surface area contributed by atoms with Crippen molar-refractivity contribution in [2.75, 3.05) is 39.6 Å². The van der Waals surface area contributed by atoms with Gasteiger partial charge in [-0.3, -0.25) is 32.5 Å². The first-order chi connectivity index (χ1) is 46.2. The molecule has 0 aliphatic carbocycles. The summed E-state index contributed by atoms with van der Waals surface area (Å²) in [5, 5.41) is 20.6. The number of carbonyl (C=O) groups is 3. The summed E-state index contributed by atoms with van der Waals surface area (Å²) in [5.41, 5.74) is 0. The largest absolute Gasteiger partial charge is 0.472 e. The predicted molar refractivity (Wildman–Crippen MR) is 390 cm³/mol. The van der Waals surface area contributed by atoms with Crippen molar-refractivity contribution >= 4 is 33.6 Å². The van der Waals surface area contributed by atoms with Crippen molar-refractivity contribution in [1.29, 1.82) is 0 Å². The van der Waals surface area contributed by atoms with Crippen LogP contribution in [-0.2, 0) is 55.8 Å². The molecule has 0 aromatic heterocycles. The van der Waals surface area contributed by atoms with Crippen molar-refractivity contribution in [2.45, 2.75) is 296 Å². The number of rotatable bonds is 68. The molecule has 0 spiro atoms. The second-order valence-electron chi connectivity index (χ2n) is 24.0. The Balaban J connectivity index is 4.52. The number of hydrogen-bond donors (Lipinski definition) is 4. The molecule has 0 heterocycles. The standard InChI is InChI=1S/C77H130O16P2/c1-4-7-10-13-16-19-22-25-28-29-30-31-32-33-34-35-36-37-38-39-40-41-44-46-48-51-54-57-60-63-75(80)87-66-72(78)67-89-94(83,84)90-68-73(79)69-91-95(85,86)92-71-74(93-77(82)65-62-59-56-53-50-47-43-27-24-21-18-15-12-9-6-3)70-88-76(81)64-61-58-55-52-49-45-42-26-23-20-17-14-11-8-5-2/h7-8,10-11,16-21,25-28,30-31,33-34,36-37,42-43,72-74,78-79H,4-6,9,12-15,22-24,29,32,35,38-41,44-71H2,1-3H3,(H,83,84)(H,85,86)/b10-7-,11-8-,19-16-,20-17-,21-18-,28-25-,31-30-,34-33-,37-36-,42-26-,43-27-. The van der Waals surface area contributed by atoms with Crippen molar-refractivity contribution < 1.29 is 75.8 Å². The van der Waals surface area contributed by atoms with E-state index in [2.05, 4.69) is 154 Å². The lowest BCUT2D eigenvalue weighted by molar-refractivity contribution is -0.161. The molecule has 0 radical (unpaired) electrons. The van der Waals surface area contributed by atoms with Crippen LogP contribution < -0.4 is 0 Å². The van der Waals surface area contributed by atoms with E-state index in [0.717, 1.165) is 167 Å². The first-order valence-corrected chi connectivity index (χ1v) is 39.5. The number of aliphatic hydroxyl groups is 2. The first-order valence-electron chi connectivity index (χ1n) is 36.5. The topological polar surface area (TPSA) is 231 Å². The highest BCUT2D eigenvalue weighted by Gasteiger charge is 2.29. The van der Waals surface area contributed by atoms with Gasteiger partial charge in [-0.2, -0.15) is 0 Å². The van der Waals surface area contributed by atoms with E-state index in [4.69, 9.17) is 32.3 Å². The molecule has 18 heteroatoms. The molecule has 5 atom stereocenters. The van der Waals surface area contributed by atoms with E-state index in [1.807, 2.05) is 0 Å². The zero-order valence-electron chi connectivity index (χ0n) is 59.0. The molecule has 95 heavy (non-hydrogen) atoms. The highest BCUT2D eigenvalue weighted by atomic mass is 31.2. The molecule has 0 aromatic rings. The molecule has 5 unspecified atom stereocenters. The van der Waals surface area contributed by atoms with Gasteiger partial charge in [-0.15, -0.1) is 0 Å². The SMILES string of the molecule is CC/C=C\C/C=C\C/C=C\C/C=C\C/C=C\C/C=C\CCCCCCCCCCCCC(=O)OCC(O)COP(=O)(O)OCC(O)COP(=O)(O)OCC(COC(=O)CCCCCCC/C=C\C/C=C\C/C=C\CC)OC(=O)CCCCCCC/C=C\C/C=C\CCCCC. The summed E-state index contributed by atoms with van der Waals surface area (Å²) in [5.74, 6) is -1.62. The maximum atomic E-state index is 12.9. The third kappa shape index (κ3) is 70.8. The van der Waals surface area contributed by atoms with Gasteiger partial charge in [0.05, 0.1) is 26.4 Å². The van der Waals surface area contributed by atoms with Gasteiger partial charge in [0.25, 0.3) is 0 Å². The van der Waals surface area contributed by atoms with Gasteiger partial charge in [0.1, 0.15) is 25.4 Å². The fourth-order valence-electron chi connectivity index (χ4n) is 9.32. The Morgan fingerprint density at radius 3 is 0.884 bits per heavy atom. The minimum absolute atomic E-state index is 0.0822. The average Bonchev–Trinajstić information content (AvgIpc) is 1.83. The van der Waals surface area contributed by atoms with Crippen LogP contribution in [0.2, 0.25) is 0 Å². The van der Waals surface area contributed by atoms with Crippen LogP contribution in [0, 0.1) is 0 Å². The fourth-order valence-corrected chi connectivity index (χ4v) is 10.9. The number of esters is 3. The number of carbonyl (C=O) groups excluding carboxylic acids is 3. The second-order valence-corrected chi connectivity index (χ2v) is 26.9. The molecule has 4 N–H and O–H groups in total. The van der Waals surface area contributed by atoms with Gasteiger partial charge in [0, 0.05) is 19.3 Å². The van der Waals surface area contributed by atoms with E-state index >= 15 is 0 Å². The first kappa shape index (κ1) is 90.7. The Morgan fingerprint density at radius 2 is 0.558 bits per heavy atom. The Morgan fingerprint density at radius 1 is 0.305 bits per heavy atom. The van der Waals surface area contributed by atoms with E-state index in [1.165, 1.54) is 51.4 Å². The van der Waals surface area contributed by atoms with Crippen LogP contribution in [0.3, 0.4) is 0 Å². The smallest absolute Gasteiger partial charge is 0.463 e. The Kier molecular flexibility index (Phi) is 66.4. The third-order valence-electron chi connectivity index (χ3n) is 14.8. The molecular formula is C77H130O16P2. The van der Waals surface area contributed by atoms with Crippen molar-refractivity contribution in [3.8, 4) is 0 Å². The molecule has 0 aliphatic heterocycles. The maximum absolute atomic E-state index is 12.9. The summed E-state index contributed by atoms with van der Waals surface area (Å²) in [6.07, 6.45) is 82.2. The number of phosphoric acid groups is 2. The fraction of sp³-hybridized carbons (Fsp3) is 0.675. The summed E-state index contributed by atoms with van der Waals surface area (Å²) in [6, 6.07) is 0. The van der Waals surface area contributed by atoms with Gasteiger partial charge in [0.15, 0.2) is 6.10 Å². The monoisotopic (exact) mass is 1370 g/mol. The molecule has 0 bridgehead atoms. The van der Waals surface area contributed by atoms with Crippen LogP contribution in [-0.4, -0.2) is 95.9 Å². The summed E-state index contributed by atoms with van der Waals surface area (Å²) in [4.78, 5) is 58.4. The predicted octanol–water partition coefficient (Wildman–Crippen LogP) is 20.8. The summed E-state index contributed by atoms with van der Waals surface area (Å²) in [7, 11) is -9.79. The lowest BCUT2D eigenvalue weighted by Gasteiger charge is -2.21. The normalized spacial score (nSPS) is 14.9. The molecule has 0 aromatic carbocycles. The van der Waals surface area contributed by atoms with E-state index < -0.39 is 91.5 Å². The molecule has 0 amide bonds. The average molecular weight is 1370 g/mol. The van der Waals surface area contributed by atoms with Gasteiger partial charge < -0.3 is 34.2 Å². The van der Waals surface area contributed by atoms with Crippen molar-refractivity contribution in [2.24, 2.45) is 0 Å². The number of phosphoric ester groups is 2. The zero-order valence-corrected chi connectivity index (χ0v) is 60.8. The number of aliphatic hydroxyl groups excluding tert-OH is 2. The molecule has 0 fully saturated rings. The lowest BCUT2D eigenvalue weighted by Crippen LogP contribution is -2.30. The van der Waals surface area contributed by atoms with Crippen LogP contribution in [0.5, 0.6) is 0 Å². The van der Waals surface area contributed by atoms with E-state index in [0.29, 0.717) is 19.3 Å². The quantitative estimate of drug-likeness (QED) is 0.0146. The van der Waals surface area contributed by atoms with Gasteiger partial charge in [-0.1, -0.05) is 257 Å². The van der Waals surface area contributed by atoms with Crippen LogP contribution in [0.15, 0.2) is 134 Å². The molecule has 0 saturated carbocycles. The second kappa shape index (κ2) is 69.6.